The molecule has 0 aliphatic carbocycles. The molecule has 0 amide bonds. The summed E-state index contributed by atoms with van der Waals surface area (Å²) < 4.78 is 7.32. The Bertz CT molecular complexity index is 711. The number of aromatic carboxylic acids is 1. The van der Waals surface area contributed by atoms with E-state index < -0.39 is 10.9 Å². The van der Waals surface area contributed by atoms with E-state index in [9.17, 15) is 14.9 Å². The van der Waals surface area contributed by atoms with Gasteiger partial charge in [-0.15, -0.1) is 0 Å². The first-order chi connectivity index (χ1) is 9.92. The molecule has 2 aromatic rings. The van der Waals surface area contributed by atoms with E-state index in [0.29, 0.717) is 11.3 Å². The molecule has 2 rings (SSSR count). The van der Waals surface area contributed by atoms with E-state index in [0.717, 1.165) is 10.5 Å². The summed E-state index contributed by atoms with van der Waals surface area (Å²) in [6.07, 6.45) is 1.20. The number of rotatable bonds is 5. The van der Waals surface area contributed by atoms with Gasteiger partial charge in [0.05, 0.1) is 24.8 Å². The fraction of sp³-hybridized carbons (Fsp3) is 0.154. The third-order valence-corrected chi connectivity index (χ3v) is 3.39. The van der Waals surface area contributed by atoms with Gasteiger partial charge in [0.15, 0.2) is 0 Å². The highest BCUT2D eigenvalue weighted by atomic mass is 79.9. The van der Waals surface area contributed by atoms with E-state index in [1.807, 2.05) is 0 Å². The standard InChI is InChI=1S/C13H11BrN2O5/c1-21-12-3-2-9(14)4-8(12)6-15-7-10(16(19)20)5-11(15)13(17)18/h2-5,7H,6H2,1H3,(H,17,18). The lowest BCUT2D eigenvalue weighted by Gasteiger charge is -2.11. The zero-order valence-electron chi connectivity index (χ0n) is 10.9. The second kappa shape index (κ2) is 5.96. The van der Waals surface area contributed by atoms with Crippen molar-refractivity contribution in [3.8, 4) is 5.75 Å². The summed E-state index contributed by atoms with van der Waals surface area (Å²) in [5.74, 6) is -0.650. The maximum Gasteiger partial charge on any atom is 0.352 e. The quantitative estimate of drug-likeness (QED) is 0.657. The molecule has 0 unspecified atom stereocenters. The fourth-order valence-electron chi connectivity index (χ4n) is 1.96. The number of aromatic nitrogens is 1. The van der Waals surface area contributed by atoms with Crippen LogP contribution in [-0.4, -0.2) is 27.7 Å². The highest BCUT2D eigenvalue weighted by molar-refractivity contribution is 9.10. The van der Waals surface area contributed by atoms with Crippen molar-refractivity contribution >= 4 is 27.6 Å². The first kappa shape index (κ1) is 15.0. The van der Waals surface area contributed by atoms with E-state index >= 15 is 0 Å². The molecule has 8 heteroatoms. The maximum atomic E-state index is 11.2. The van der Waals surface area contributed by atoms with Crippen LogP contribution in [0.3, 0.4) is 0 Å². The first-order valence-electron chi connectivity index (χ1n) is 5.82. The number of methoxy groups -OCH3 is 1. The van der Waals surface area contributed by atoms with E-state index in [-0.39, 0.29) is 17.9 Å². The van der Waals surface area contributed by atoms with E-state index in [4.69, 9.17) is 9.84 Å². The van der Waals surface area contributed by atoms with Crippen LogP contribution in [0.15, 0.2) is 34.9 Å². The Morgan fingerprint density at radius 2 is 2.19 bits per heavy atom. The Balaban J connectivity index is 2.46. The summed E-state index contributed by atoms with van der Waals surface area (Å²) in [6, 6.07) is 6.33. The van der Waals surface area contributed by atoms with Gasteiger partial charge in [-0.3, -0.25) is 10.1 Å². The fourth-order valence-corrected chi connectivity index (χ4v) is 2.37. The molecule has 0 atom stereocenters. The van der Waals surface area contributed by atoms with E-state index in [1.54, 1.807) is 18.2 Å². The van der Waals surface area contributed by atoms with Gasteiger partial charge in [-0.05, 0) is 18.2 Å². The SMILES string of the molecule is COc1ccc(Br)cc1Cn1cc([N+](=O)[O-])cc1C(=O)O. The van der Waals surface area contributed by atoms with Crippen molar-refractivity contribution in [1.82, 2.24) is 4.57 Å². The van der Waals surface area contributed by atoms with Gasteiger partial charge in [0.2, 0.25) is 0 Å². The van der Waals surface area contributed by atoms with E-state index in [1.165, 1.54) is 17.9 Å². The van der Waals surface area contributed by atoms with Gasteiger partial charge in [-0.2, -0.15) is 0 Å². The number of ether oxygens (including phenoxy) is 1. The van der Waals surface area contributed by atoms with Crippen LogP contribution in [0.2, 0.25) is 0 Å². The van der Waals surface area contributed by atoms with Crippen LogP contribution in [0.25, 0.3) is 0 Å². The second-order valence-corrected chi connectivity index (χ2v) is 5.15. The predicted octanol–water partition coefficient (Wildman–Crippen LogP) is 2.91. The van der Waals surface area contributed by atoms with Crippen LogP contribution < -0.4 is 4.74 Å². The summed E-state index contributed by atoms with van der Waals surface area (Å²) >= 11 is 3.33. The van der Waals surface area contributed by atoms with Gasteiger partial charge in [0, 0.05) is 16.1 Å². The van der Waals surface area contributed by atoms with Crippen molar-refractivity contribution in [3.63, 3.8) is 0 Å². The third kappa shape index (κ3) is 3.22. The van der Waals surface area contributed by atoms with Crippen LogP contribution >= 0.6 is 15.9 Å². The molecule has 0 saturated carbocycles. The van der Waals surface area contributed by atoms with Gasteiger partial charge < -0.3 is 14.4 Å². The predicted molar refractivity (Wildman–Crippen MR) is 77.8 cm³/mol. The van der Waals surface area contributed by atoms with Crippen molar-refractivity contribution in [2.24, 2.45) is 0 Å². The highest BCUT2D eigenvalue weighted by Gasteiger charge is 2.19. The van der Waals surface area contributed by atoms with Crippen LogP contribution in [-0.2, 0) is 6.54 Å². The summed E-state index contributed by atoms with van der Waals surface area (Å²) in [4.78, 5) is 21.3. The molecule has 0 radical (unpaired) electrons. The van der Waals surface area contributed by atoms with Crippen LogP contribution in [0, 0.1) is 10.1 Å². The average Bonchev–Trinajstić information content (AvgIpc) is 2.83. The number of halogens is 1. The van der Waals surface area contributed by atoms with Crippen molar-refractivity contribution in [3.05, 3.63) is 56.3 Å². The molecular weight excluding hydrogens is 344 g/mol. The zero-order chi connectivity index (χ0) is 15.6. The number of carbonyl (C=O) groups is 1. The van der Waals surface area contributed by atoms with Crippen LogP contribution in [0.5, 0.6) is 5.75 Å². The molecule has 21 heavy (non-hydrogen) atoms. The number of benzene rings is 1. The Morgan fingerprint density at radius 3 is 2.76 bits per heavy atom. The van der Waals surface area contributed by atoms with Crippen LogP contribution in [0.1, 0.15) is 16.1 Å². The number of carboxylic acids is 1. The second-order valence-electron chi connectivity index (χ2n) is 4.23. The molecule has 110 valence electrons. The van der Waals surface area contributed by atoms with Crippen molar-refractivity contribution in [2.45, 2.75) is 6.54 Å². The van der Waals surface area contributed by atoms with Gasteiger partial charge in [-0.1, -0.05) is 15.9 Å². The summed E-state index contributed by atoms with van der Waals surface area (Å²) in [5.41, 5.74) is 0.296. The minimum Gasteiger partial charge on any atom is -0.496 e. The Hall–Kier alpha value is -2.35. The molecule has 0 fully saturated rings. The van der Waals surface area contributed by atoms with E-state index in [2.05, 4.69) is 15.9 Å². The van der Waals surface area contributed by atoms with Gasteiger partial charge in [0.1, 0.15) is 11.4 Å². The number of hydrogen-bond donors (Lipinski definition) is 1. The molecule has 1 N–H and O–H groups in total. The molecule has 1 heterocycles. The topological polar surface area (TPSA) is 94.6 Å². The minimum atomic E-state index is -1.22. The molecule has 7 nitrogen and oxygen atoms in total. The van der Waals surface area contributed by atoms with Gasteiger partial charge in [0.25, 0.3) is 5.69 Å². The number of hydrogen-bond acceptors (Lipinski definition) is 4. The smallest absolute Gasteiger partial charge is 0.352 e. The minimum absolute atomic E-state index is 0.149. The highest BCUT2D eigenvalue weighted by Crippen LogP contribution is 2.26. The third-order valence-electron chi connectivity index (χ3n) is 2.90. The molecule has 0 bridgehead atoms. The summed E-state index contributed by atoms with van der Waals surface area (Å²) in [7, 11) is 1.50. The monoisotopic (exact) mass is 354 g/mol. The molecule has 0 aliphatic heterocycles. The number of carboxylic acid groups (broad SMARTS) is 1. The van der Waals surface area contributed by atoms with Crippen molar-refractivity contribution < 1.29 is 19.6 Å². The largest absolute Gasteiger partial charge is 0.496 e. The zero-order valence-corrected chi connectivity index (χ0v) is 12.5. The molecule has 0 aliphatic rings. The van der Waals surface area contributed by atoms with Crippen molar-refractivity contribution in [2.75, 3.05) is 7.11 Å². The van der Waals surface area contributed by atoms with Gasteiger partial charge >= 0.3 is 5.97 Å². The lowest BCUT2D eigenvalue weighted by Crippen LogP contribution is -2.09. The summed E-state index contributed by atoms with van der Waals surface area (Å²) in [6.45, 7) is 0.151. The molecule has 1 aromatic heterocycles. The molecule has 0 spiro atoms. The first-order valence-corrected chi connectivity index (χ1v) is 6.62. The number of nitro groups is 1. The Labute approximate surface area is 128 Å². The molecule has 1 aromatic carbocycles. The number of nitrogens with zero attached hydrogens (tertiary/aromatic N) is 2. The summed E-state index contributed by atoms with van der Waals surface area (Å²) in [5, 5.41) is 19.9. The van der Waals surface area contributed by atoms with Crippen molar-refractivity contribution in [1.29, 1.82) is 0 Å². The average molecular weight is 355 g/mol. The van der Waals surface area contributed by atoms with Crippen LogP contribution in [0.4, 0.5) is 5.69 Å². The lowest BCUT2D eigenvalue weighted by atomic mass is 10.2. The van der Waals surface area contributed by atoms with Gasteiger partial charge in [-0.25, -0.2) is 4.79 Å². The lowest BCUT2D eigenvalue weighted by molar-refractivity contribution is -0.384. The Kier molecular flexibility index (Phi) is 4.27. The molecular formula is C13H11BrN2O5. The molecule has 0 saturated heterocycles. The normalized spacial score (nSPS) is 10.4. The maximum absolute atomic E-state index is 11.2. The Morgan fingerprint density at radius 1 is 1.48 bits per heavy atom.